The van der Waals surface area contributed by atoms with Crippen molar-refractivity contribution >= 4 is 56.6 Å². The van der Waals surface area contributed by atoms with Crippen LogP contribution < -0.4 is 14.9 Å². The molecule has 0 saturated heterocycles. The topological polar surface area (TPSA) is 60.7 Å². The van der Waals surface area contributed by atoms with Gasteiger partial charge in [0, 0.05) is 15.1 Å². The SMILES string of the molecule is CCOC(=O)C1=C(c2ccccc2)N=c2s/c(=C\c3ccc(Br)cc3)c(=O)n2[C@H]1c1ccc(Cl)cc1. The van der Waals surface area contributed by atoms with Gasteiger partial charge in [0.05, 0.1) is 28.5 Å². The van der Waals surface area contributed by atoms with E-state index in [9.17, 15) is 9.59 Å². The lowest BCUT2D eigenvalue weighted by Gasteiger charge is -2.25. The van der Waals surface area contributed by atoms with Gasteiger partial charge in [0.1, 0.15) is 0 Å². The van der Waals surface area contributed by atoms with E-state index in [0.29, 0.717) is 25.6 Å². The fourth-order valence-corrected chi connectivity index (χ4v) is 5.50. The molecule has 1 atom stereocenters. The van der Waals surface area contributed by atoms with Crippen molar-refractivity contribution in [2.45, 2.75) is 13.0 Å². The Morgan fingerprint density at radius 2 is 1.78 bits per heavy atom. The van der Waals surface area contributed by atoms with Crippen LogP contribution in [-0.4, -0.2) is 17.1 Å². The molecule has 0 saturated carbocycles. The second-order valence-electron chi connectivity index (χ2n) is 8.03. The highest BCUT2D eigenvalue weighted by Crippen LogP contribution is 2.35. The van der Waals surface area contributed by atoms with E-state index in [2.05, 4.69) is 15.9 Å². The summed E-state index contributed by atoms with van der Waals surface area (Å²) in [6.07, 6.45) is 1.84. The Hall–Kier alpha value is -3.26. The fraction of sp³-hybridized carbons (Fsp3) is 0.107. The molecule has 1 aliphatic heterocycles. The van der Waals surface area contributed by atoms with Crippen LogP contribution in [0.2, 0.25) is 5.02 Å². The Labute approximate surface area is 224 Å². The van der Waals surface area contributed by atoms with Crippen LogP contribution in [0, 0.1) is 0 Å². The molecule has 2 heterocycles. The summed E-state index contributed by atoms with van der Waals surface area (Å²) in [5.41, 5.74) is 2.97. The number of fused-ring (bicyclic) bond motifs is 1. The number of benzene rings is 3. The number of hydrogen-bond donors (Lipinski definition) is 0. The van der Waals surface area contributed by atoms with Gasteiger partial charge in [-0.25, -0.2) is 9.79 Å². The summed E-state index contributed by atoms with van der Waals surface area (Å²) in [7, 11) is 0. The number of hydrogen-bond acceptors (Lipinski definition) is 5. The summed E-state index contributed by atoms with van der Waals surface area (Å²) in [4.78, 5) is 32.5. The minimum atomic E-state index is -0.722. The van der Waals surface area contributed by atoms with E-state index in [1.165, 1.54) is 11.3 Å². The van der Waals surface area contributed by atoms with Crippen LogP contribution >= 0.6 is 38.9 Å². The molecule has 8 heteroatoms. The van der Waals surface area contributed by atoms with Crippen molar-refractivity contribution < 1.29 is 9.53 Å². The molecule has 1 aliphatic rings. The highest BCUT2D eigenvalue weighted by atomic mass is 79.9. The van der Waals surface area contributed by atoms with Gasteiger partial charge in [-0.15, -0.1) is 0 Å². The van der Waals surface area contributed by atoms with Gasteiger partial charge in [-0.2, -0.15) is 0 Å². The van der Waals surface area contributed by atoms with Gasteiger partial charge >= 0.3 is 5.97 Å². The van der Waals surface area contributed by atoms with Crippen molar-refractivity contribution in [1.29, 1.82) is 0 Å². The van der Waals surface area contributed by atoms with E-state index in [1.807, 2.05) is 72.8 Å². The Balaban J connectivity index is 1.82. The third-order valence-corrected chi connectivity index (χ3v) is 7.49. The maximum Gasteiger partial charge on any atom is 0.338 e. The predicted octanol–water partition coefficient (Wildman–Crippen LogP) is 5.35. The van der Waals surface area contributed by atoms with Crippen LogP contribution in [0.15, 0.2) is 98.7 Å². The van der Waals surface area contributed by atoms with Crippen LogP contribution in [-0.2, 0) is 9.53 Å². The number of ether oxygens (including phenoxy) is 1. The molecule has 36 heavy (non-hydrogen) atoms. The molecule has 5 nitrogen and oxygen atoms in total. The molecule has 0 amide bonds. The van der Waals surface area contributed by atoms with Crippen LogP contribution in [0.3, 0.4) is 0 Å². The first-order chi connectivity index (χ1) is 17.5. The normalized spacial score (nSPS) is 15.4. The largest absolute Gasteiger partial charge is 0.463 e. The monoisotopic (exact) mass is 578 g/mol. The maximum atomic E-state index is 13.8. The van der Waals surface area contributed by atoms with Gasteiger partial charge in [0.15, 0.2) is 4.80 Å². The lowest BCUT2D eigenvalue weighted by atomic mass is 9.93. The van der Waals surface area contributed by atoms with Crippen molar-refractivity contribution in [1.82, 2.24) is 4.57 Å². The number of nitrogens with zero attached hydrogens (tertiary/aromatic N) is 2. The van der Waals surface area contributed by atoms with Crippen LogP contribution in [0.5, 0.6) is 0 Å². The smallest absolute Gasteiger partial charge is 0.338 e. The van der Waals surface area contributed by atoms with Crippen molar-refractivity contribution in [3.05, 3.63) is 130 Å². The Morgan fingerprint density at radius 3 is 2.44 bits per heavy atom. The molecule has 5 rings (SSSR count). The van der Waals surface area contributed by atoms with Gasteiger partial charge in [-0.05, 0) is 48.4 Å². The van der Waals surface area contributed by atoms with Gasteiger partial charge in [0.2, 0.25) is 0 Å². The molecule has 0 radical (unpaired) electrons. The van der Waals surface area contributed by atoms with Crippen LogP contribution in [0.25, 0.3) is 11.8 Å². The summed E-state index contributed by atoms with van der Waals surface area (Å²) in [5.74, 6) is -0.512. The summed E-state index contributed by atoms with van der Waals surface area (Å²) in [5, 5.41) is 0.561. The lowest BCUT2D eigenvalue weighted by Crippen LogP contribution is -2.40. The van der Waals surface area contributed by atoms with Crippen molar-refractivity contribution in [3.63, 3.8) is 0 Å². The molecule has 3 aromatic carbocycles. The quantitative estimate of drug-likeness (QED) is 0.300. The Kier molecular flexibility index (Phi) is 7.05. The first kappa shape index (κ1) is 24.4. The number of rotatable bonds is 5. The molecular formula is C28H20BrClN2O3S. The van der Waals surface area contributed by atoms with Crippen molar-refractivity contribution in [2.75, 3.05) is 6.61 Å². The highest BCUT2D eigenvalue weighted by molar-refractivity contribution is 9.10. The van der Waals surface area contributed by atoms with E-state index < -0.39 is 12.0 Å². The van der Waals surface area contributed by atoms with E-state index in [0.717, 1.165) is 21.2 Å². The van der Waals surface area contributed by atoms with Gasteiger partial charge in [0.25, 0.3) is 5.56 Å². The molecule has 0 spiro atoms. The molecule has 180 valence electrons. The number of esters is 1. The highest BCUT2D eigenvalue weighted by Gasteiger charge is 2.35. The second kappa shape index (κ2) is 10.4. The molecule has 0 N–H and O–H groups in total. The average molecular weight is 580 g/mol. The Morgan fingerprint density at radius 1 is 1.08 bits per heavy atom. The van der Waals surface area contributed by atoms with Crippen molar-refractivity contribution in [2.24, 2.45) is 4.99 Å². The molecule has 4 aromatic rings. The first-order valence-electron chi connectivity index (χ1n) is 11.3. The third-order valence-electron chi connectivity index (χ3n) is 5.73. The van der Waals surface area contributed by atoms with E-state index in [4.69, 9.17) is 21.3 Å². The van der Waals surface area contributed by atoms with E-state index in [-0.39, 0.29) is 12.2 Å². The van der Waals surface area contributed by atoms with Gasteiger partial charge in [-0.1, -0.05) is 93.5 Å². The Bertz CT molecular complexity index is 1640. The third kappa shape index (κ3) is 4.74. The fourth-order valence-electron chi connectivity index (χ4n) is 4.11. The molecule has 0 aliphatic carbocycles. The number of halogens is 2. The first-order valence-corrected chi connectivity index (χ1v) is 13.2. The second-order valence-corrected chi connectivity index (χ2v) is 10.4. The minimum absolute atomic E-state index is 0.200. The van der Waals surface area contributed by atoms with Crippen LogP contribution in [0.4, 0.5) is 0 Å². The zero-order chi connectivity index (χ0) is 25.2. The lowest BCUT2D eigenvalue weighted by molar-refractivity contribution is -0.138. The maximum absolute atomic E-state index is 13.8. The average Bonchev–Trinajstić information content (AvgIpc) is 3.20. The predicted molar refractivity (Wildman–Crippen MR) is 147 cm³/mol. The summed E-state index contributed by atoms with van der Waals surface area (Å²) >= 11 is 10.9. The number of carbonyl (C=O) groups is 1. The van der Waals surface area contributed by atoms with E-state index >= 15 is 0 Å². The number of thiazole rings is 1. The molecule has 0 bridgehead atoms. The summed E-state index contributed by atoms with van der Waals surface area (Å²) in [6.45, 7) is 1.96. The number of carbonyl (C=O) groups excluding carboxylic acids is 1. The molecular weight excluding hydrogens is 560 g/mol. The van der Waals surface area contributed by atoms with Gasteiger partial charge < -0.3 is 4.74 Å². The summed E-state index contributed by atoms with van der Waals surface area (Å²) < 4.78 is 8.53. The zero-order valence-corrected chi connectivity index (χ0v) is 22.3. The molecule has 0 fully saturated rings. The number of aromatic nitrogens is 1. The summed E-state index contributed by atoms with van der Waals surface area (Å²) in [6, 6.07) is 23.6. The zero-order valence-electron chi connectivity index (χ0n) is 19.2. The van der Waals surface area contributed by atoms with Crippen LogP contribution in [0.1, 0.15) is 29.7 Å². The molecule has 0 unspecified atom stereocenters. The van der Waals surface area contributed by atoms with Gasteiger partial charge in [-0.3, -0.25) is 9.36 Å². The standard InChI is InChI=1S/C28H20BrClN2O3S/c1-2-35-27(34)23-24(18-6-4-3-5-7-18)31-28-32(25(23)19-10-14-21(30)15-11-19)26(33)22(36-28)16-17-8-12-20(29)13-9-17/h3-16,25H,2H2,1H3/b22-16-/t25-/m0/s1. The van der Waals surface area contributed by atoms with Crippen molar-refractivity contribution in [3.8, 4) is 0 Å². The minimum Gasteiger partial charge on any atom is -0.463 e. The van der Waals surface area contributed by atoms with E-state index in [1.54, 1.807) is 23.6 Å². The molecule has 1 aromatic heterocycles.